The van der Waals surface area contributed by atoms with Gasteiger partial charge in [-0.2, -0.15) is 0 Å². The smallest absolute Gasteiger partial charge is 0.0127 e. The van der Waals surface area contributed by atoms with Crippen molar-refractivity contribution in [2.45, 2.75) is 26.2 Å². The van der Waals surface area contributed by atoms with E-state index in [0.717, 1.165) is 12.3 Å². The monoisotopic (exact) mass is 108 g/mol. The van der Waals surface area contributed by atoms with Crippen molar-refractivity contribution in [3.8, 4) is 0 Å². The molecule has 0 heteroatoms. The highest BCUT2D eigenvalue weighted by Crippen LogP contribution is 2.36. The molecule has 44 valence electrons. The maximum absolute atomic E-state index is 3.63. The van der Waals surface area contributed by atoms with E-state index >= 15 is 0 Å². The van der Waals surface area contributed by atoms with E-state index < -0.39 is 0 Å². The van der Waals surface area contributed by atoms with Gasteiger partial charge in [0.1, 0.15) is 0 Å². The van der Waals surface area contributed by atoms with E-state index in [0.29, 0.717) is 0 Å². The summed E-state index contributed by atoms with van der Waals surface area (Å²) in [6, 6.07) is 0. The Balaban J connectivity index is 2.50. The van der Waals surface area contributed by atoms with Crippen LogP contribution in [0, 0.1) is 5.92 Å². The third-order valence-corrected chi connectivity index (χ3v) is 1.68. The molecule has 1 aliphatic carbocycles. The van der Waals surface area contributed by atoms with Gasteiger partial charge in [-0.3, -0.25) is 0 Å². The quantitative estimate of drug-likeness (QED) is 0.477. The zero-order valence-electron chi connectivity index (χ0n) is 5.41. The van der Waals surface area contributed by atoms with Gasteiger partial charge in [0.15, 0.2) is 0 Å². The molecule has 0 heterocycles. The molecule has 0 aromatic carbocycles. The molecule has 8 heavy (non-hydrogen) atoms. The highest BCUT2D eigenvalue weighted by Gasteiger charge is 2.23. The summed E-state index contributed by atoms with van der Waals surface area (Å²) >= 11 is 0. The lowest BCUT2D eigenvalue weighted by Gasteiger charge is -1.92. The molecular formula is C8H12. The number of hydrogen-bond donors (Lipinski definition) is 0. The number of hydrogen-bond acceptors (Lipinski definition) is 0. The molecule has 0 N–H and O–H groups in total. The van der Waals surface area contributed by atoms with Crippen LogP contribution in [0.25, 0.3) is 0 Å². The van der Waals surface area contributed by atoms with Crippen LogP contribution < -0.4 is 0 Å². The Kier molecular flexibility index (Phi) is 1.55. The predicted octanol–water partition coefficient (Wildman–Crippen LogP) is 2.52. The number of allylic oxidation sites excluding steroid dienone is 1. The lowest BCUT2D eigenvalue weighted by Crippen LogP contribution is -1.77. The van der Waals surface area contributed by atoms with Gasteiger partial charge >= 0.3 is 0 Å². The van der Waals surface area contributed by atoms with Crippen LogP contribution >= 0.6 is 0 Å². The summed E-state index contributed by atoms with van der Waals surface area (Å²) in [5.74, 6) is 0.873. The highest BCUT2D eigenvalue weighted by atomic mass is 14.3. The number of rotatable bonds is 2. The average Bonchev–Trinajstić information content (AvgIpc) is 2.53. The minimum atomic E-state index is 0.873. The average molecular weight is 108 g/mol. The molecule has 1 fully saturated rings. The van der Waals surface area contributed by atoms with Gasteiger partial charge in [0, 0.05) is 0 Å². The molecular weight excluding hydrogens is 96.1 g/mol. The molecule has 1 rings (SSSR count). The van der Waals surface area contributed by atoms with Gasteiger partial charge in [-0.25, -0.2) is 0 Å². The van der Waals surface area contributed by atoms with E-state index in [2.05, 4.69) is 19.2 Å². The summed E-state index contributed by atoms with van der Waals surface area (Å²) in [7, 11) is 0. The molecule has 1 saturated carbocycles. The molecule has 1 aliphatic rings. The van der Waals surface area contributed by atoms with Gasteiger partial charge in [-0.15, -0.1) is 5.73 Å². The molecule has 0 aromatic rings. The normalized spacial score (nSPS) is 17.6. The second kappa shape index (κ2) is 2.19. The minimum Gasteiger partial charge on any atom is -0.129 e. The summed E-state index contributed by atoms with van der Waals surface area (Å²) in [6.07, 6.45) is 3.91. The van der Waals surface area contributed by atoms with Crippen molar-refractivity contribution in [2.24, 2.45) is 5.92 Å². The van der Waals surface area contributed by atoms with Crippen molar-refractivity contribution in [1.82, 2.24) is 0 Å². The topological polar surface area (TPSA) is 0 Å². The van der Waals surface area contributed by atoms with E-state index in [-0.39, 0.29) is 0 Å². The van der Waals surface area contributed by atoms with Crippen molar-refractivity contribution < 1.29 is 0 Å². The Morgan fingerprint density at radius 2 is 2.38 bits per heavy atom. The molecule has 0 spiro atoms. The van der Waals surface area contributed by atoms with E-state index in [9.17, 15) is 0 Å². The molecule has 0 aromatic heterocycles. The zero-order chi connectivity index (χ0) is 5.98. The van der Waals surface area contributed by atoms with E-state index in [4.69, 9.17) is 0 Å². The molecule has 0 bridgehead atoms. The van der Waals surface area contributed by atoms with Crippen molar-refractivity contribution in [3.63, 3.8) is 0 Å². The van der Waals surface area contributed by atoms with Crippen molar-refractivity contribution in [3.05, 3.63) is 17.9 Å². The molecule has 0 unspecified atom stereocenters. The lowest BCUT2D eigenvalue weighted by atomic mass is 10.1. The first kappa shape index (κ1) is 5.65. The third kappa shape index (κ3) is 1.02. The van der Waals surface area contributed by atoms with Crippen molar-refractivity contribution in [2.75, 3.05) is 0 Å². The summed E-state index contributed by atoms with van der Waals surface area (Å²) in [4.78, 5) is 0. The van der Waals surface area contributed by atoms with E-state index in [1.54, 1.807) is 0 Å². The Labute approximate surface area is 50.9 Å². The molecule has 0 radical (unpaired) electrons. The largest absolute Gasteiger partial charge is 0.129 e. The van der Waals surface area contributed by atoms with Crippen molar-refractivity contribution >= 4 is 0 Å². The molecule has 0 atom stereocenters. The Morgan fingerprint density at radius 1 is 1.75 bits per heavy atom. The lowest BCUT2D eigenvalue weighted by molar-refractivity contribution is 0.917. The van der Waals surface area contributed by atoms with Gasteiger partial charge in [0.2, 0.25) is 0 Å². The Bertz CT molecular complexity index is 123. The first-order chi connectivity index (χ1) is 3.88. The third-order valence-electron chi connectivity index (χ3n) is 1.68. The van der Waals surface area contributed by atoms with Gasteiger partial charge in [0.05, 0.1) is 0 Å². The highest BCUT2D eigenvalue weighted by molar-refractivity contribution is 5.09. The second-order valence-corrected chi connectivity index (χ2v) is 2.33. The zero-order valence-corrected chi connectivity index (χ0v) is 5.41. The van der Waals surface area contributed by atoms with Gasteiger partial charge in [-0.05, 0) is 30.8 Å². The van der Waals surface area contributed by atoms with Crippen LogP contribution in [0.15, 0.2) is 17.9 Å². The van der Waals surface area contributed by atoms with Crippen LogP contribution in [-0.4, -0.2) is 0 Å². The Morgan fingerprint density at radius 3 is 2.50 bits per heavy atom. The summed E-state index contributed by atoms with van der Waals surface area (Å²) < 4.78 is 0. The maximum Gasteiger partial charge on any atom is -0.0127 e. The second-order valence-electron chi connectivity index (χ2n) is 2.33. The molecule has 0 aliphatic heterocycles. The van der Waals surface area contributed by atoms with Crippen LogP contribution in [0.2, 0.25) is 0 Å². The van der Waals surface area contributed by atoms with E-state index in [1.165, 1.54) is 18.4 Å². The predicted molar refractivity (Wildman–Crippen MR) is 35.7 cm³/mol. The van der Waals surface area contributed by atoms with Crippen LogP contribution in [-0.2, 0) is 0 Å². The molecule has 0 saturated heterocycles. The molecule has 0 amide bonds. The SMILES string of the molecule is C=C=C(CC)C1CC1. The van der Waals surface area contributed by atoms with Crippen LogP contribution in [0.5, 0.6) is 0 Å². The van der Waals surface area contributed by atoms with Crippen molar-refractivity contribution in [1.29, 1.82) is 0 Å². The van der Waals surface area contributed by atoms with Gasteiger partial charge < -0.3 is 0 Å². The summed E-state index contributed by atoms with van der Waals surface area (Å²) in [5.41, 5.74) is 4.42. The first-order valence-corrected chi connectivity index (χ1v) is 3.27. The summed E-state index contributed by atoms with van der Waals surface area (Å²) in [5, 5.41) is 0. The minimum absolute atomic E-state index is 0.873. The van der Waals surface area contributed by atoms with Crippen LogP contribution in [0.3, 0.4) is 0 Å². The fraction of sp³-hybridized carbons (Fsp3) is 0.625. The van der Waals surface area contributed by atoms with Crippen LogP contribution in [0.1, 0.15) is 26.2 Å². The van der Waals surface area contributed by atoms with E-state index in [1.807, 2.05) is 0 Å². The maximum atomic E-state index is 3.63. The fourth-order valence-corrected chi connectivity index (χ4v) is 0.990. The van der Waals surface area contributed by atoms with Crippen LogP contribution in [0.4, 0.5) is 0 Å². The van der Waals surface area contributed by atoms with Gasteiger partial charge in [0.25, 0.3) is 0 Å². The summed E-state index contributed by atoms with van der Waals surface area (Å²) in [6.45, 7) is 5.80. The fourth-order valence-electron chi connectivity index (χ4n) is 0.990. The standard InChI is InChI=1S/C8H12/c1-3-7(4-2)8-5-6-8/h8H,1,4-6H2,2H3. The van der Waals surface area contributed by atoms with Gasteiger partial charge in [-0.1, -0.05) is 13.5 Å². The molecule has 0 nitrogen and oxygen atoms in total. The first-order valence-electron chi connectivity index (χ1n) is 3.27. The Hall–Kier alpha value is -0.480.